The summed E-state index contributed by atoms with van der Waals surface area (Å²) in [6.07, 6.45) is 1.39. The van der Waals surface area contributed by atoms with E-state index in [2.05, 4.69) is 14.9 Å². The number of aromatic nitrogens is 3. The molecule has 1 heterocycles. The van der Waals surface area contributed by atoms with Gasteiger partial charge >= 0.3 is 0 Å². The van der Waals surface area contributed by atoms with Gasteiger partial charge < -0.3 is 0 Å². The Bertz CT molecular complexity index is 1050. The second-order valence-electron chi connectivity index (χ2n) is 5.25. The van der Waals surface area contributed by atoms with E-state index < -0.39 is 14.9 Å². The Labute approximate surface area is 153 Å². The van der Waals surface area contributed by atoms with Gasteiger partial charge in [0, 0.05) is 12.1 Å². The van der Waals surface area contributed by atoms with Crippen LogP contribution in [-0.4, -0.2) is 28.1 Å². The van der Waals surface area contributed by atoms with Crippen LogP contribution in [0.4, 0.5) is 11.6 Å². The van der Waals surface area contributed by atoms with Crippen molar-refractivity contribution >= 4 is 33.3 Å². The summed E-state index contributed by atoms with van der Waals surface area (Å²) < 4.78 is 28.9. The number of hydrogen-bond acceptors (Lipinski definition) is 6. The lowest BCUT2D eigenvalue weighted by Crippen LogP contribution is -2.17. The van der Waals surface area contributed by atoms with Crippen molar-refractivity contribution in [2.24, 2.45) is 0 Å². The Morgan fingerprint density at radius 3 is 2.58 bits per heavy atom. The minimum Gasteiger partial charge on any atom is -0.295 e. The van der Waals surface area contributed by atoms with Crippen LogP contribution in [-0.2, 0) is 16.6 Å². The van der Waals surface area contributed by atoms with Crippen LogP contribution in [0.1, 0.15) is 5.56 Å². The number of nitro benzene ring substituents is 1. The van der Waals surface area contributed by atoms with Crippen molar-refractivity contribution in [3.63, 3.8) is 0 Å². The molecule has 0 saturated heterocycles. The predicted octanol–water partition coefficient (Wildman–Crippen LogP) is 2.69. The molecule has 9 nitrogen and oxygen atoms in total. The number of nitrogens with zero attached hydrogens (tertiary/aromatic N) is 4. The molecule has 0 bridgehead atoms. The number of anilines is 1. The van der Waals surface area contributed by atoms with Crippen LogP contribution in [0.2, 0.25) is 5.02 Å². The molecule has 1 aromatic heterocycles. The van der Waals surface area contributed by atoms with Gasteiger partial charge in [-0.1, -0.05) is 41.9 Å². The topological polar surface area (TPSA) is 120 Å². The van der Waals surface area contributed by atoms with Crippen LogP contribution in [0.5, 0.6) is 0 Å². The first-order valence-electron chi connectivity index (χ1n) is 7.25. The number of rotatable bonds is 6. The summed E-state index contributed by atoms with van der Waals surface area (Å²) in [5.41, 5.74) is 0.627. The molecule has 0 aliphatic rings. The lowest BCUT2D eigenvalue weighted by atomic mass is 10.2. The van der Waals surface area contributed by atoms with Gasteiger partial charge in [-0.05, 0) is 11.6 Å². The van der Waals surface area contributed by atoms with Gasteiger partial charge in [-0.2, -0.15) is 0 Å². The van der Waals surface area contributed by atoms with Crippen molar-refractivity contribution in [2.45, 2.75) is 11.4 Å². The molecule has 3 rings (SSSR count). The molecule has 26 heavy (non-hydrogen) atoms. The van der Waals surface area contributed by atoms with Gasteiger partial charge in [-0.3, -0.25) is 14.7 Å². The summed E-state index contributed by atoms with van der Waals surface area (Å²) in [5.74, 6) is 0.00303. The highest BCUT2D eigenvalue weighted by Crippen LogP contribution is 2.27. The third-order valence-corrected chi connectivity index (χ3v) is 5.26. The maximum absolute atomic E-state index is 12.6. The third kappa shape index (κ3) is 3.81. The van der Waals surface area contributed by atoms with E-state index in [9.17, 15) is 18.5 Å². The van der Waals surface area contributed by atoms with Gasteiger partial charge in [0.15, 0.2) is 0 Å². The molecule has 0 fully saturated rings. The minimum absolute atomic E-state index is 0.00303. The number of nitrogens with one attached hydrogen (secondary N) is 1. The summed E-state index contributed by atoms with van der Waals surface area (Å²) in [6, 6.07) is 12.5. The largest absolute Gasteiger partial charge is 0.295 e. The fraction of sp³-hybridized carbons (Fsp3) is 0.0667. The fourth-order valence-electron chi connectivity index (χ4n) is 2.23. The average molecular weight is 394 g/mol. The molecule has 1 N–H and O–H groups in total. The Morgan fingerprint density at radius 1 is 1.19 bits per heavy atom. The van der Waals surface area contributed by atoms with Gasteiger partial charge in [0.1, 0.15) is 11.2 Å². The Hall–Kier alpha value is -2.98. The average Bonchev–Trinajstić information content (AvgIpc) is 3.01. The number of benzene rings is 2. The van der Waals surface area contributed by atoms with Crippen LogP contribution < -0.4 is 4.72 Å². The highest BCUT2D eigenvalue weighted by Gasteiger charge is 2.22. The Morgan fingerprint density at radius 2 is 1.92 bits per heavy atom. The number of nitro groups is 1. The second-order valence-corrected chi connectivity index (χ2v) is 7.30. The summed E-state index contributed by atoms with van der Waals surface area (Å²) in [4.78, 5) is 9.80. The van der Waals surface area contributed by atoms with Gasteiger partial charge in [-0.25, -0.2) is 13.1 Å². The van der Waals surface area contributed by atoms with Crippen LogP contribution in [0.3, 0.4) is 0 Å². The highest BCUT2D eigenvalue weighted by molar-refractivity contribution is 7.92. The maximum atomic E-state index is 12.6. The van der Waals surface area contributed by atoms with Crippen molar-refractivity contribution in [1.29, 1.82) is 0 Å². The first kappa shape index (κ1) is 17.8. The van der Waals surface area contributed by atoms with Crippen molar-refractivity contribution in [3.8, 4) is 0 Å². The van der Waals surface area contributed by atoms with E-state index in [0.717, 1.165) is 23.8 Å². The predicted molar refractivity (Wildman–Crippen MR) is 94.5 cm³/mol. The second kappa shape index (κ2) is 7.10. The lowest BCUT2D eigenvalue weighted by Gasteiger charge is -2.10. The van der Waals surface area contributed by atoms with E-state index in [4.69, 9.17) is 11.6 Å². The van der Waals surface area contributed by atoms with Gasteiger partial charge in [0.25, 0.3) is 15.7 Å². The number of hydrogen-bond donors (Lipinski definition) is 1. The quantitative estimate of drug-likeness (QED) is 0.507. The number of sulfonamides is 1. The van der Waals surface area contributed by atoms with Crippen molar-refractivity contribution in [2.75, 3.05) is 4.72 Å². The normalized spacial score (nSPS) is 11.3. The molecule has 0 aliphatic heterocycles. The minimum atomic E-state index is -4.10. The third-order valence-electron chi connectivity index (χ3n) is 3.45. The lowest BCUT2D eigenvalue weighted by molar-refractivity contribution is -0.384. The van der Waals surface area contributed by atoms with E-state index in [1.165, 1.54) is 10.9 Å². The number of non-ortho nitro benzene ring substituents is 1. The summed E-state index contributed by atoms with van der Waals surface area (Å²) in [6.45, 7) is 0.361. The van der Waals surface area contributed by atoms with Gasteiger partial charge in [0.2, 0.25) is 5.95 Å². The molecule has 3 aromatic rings. The summed E-state index contributed by atoms with van der Waals surface area (Å²) in [7, 11) is -4.10. The molecular formula is C15H12ClN5O4S. The van der Waals surface area contributed by atoms with E-state index in [0.29, 0.717) is 6.54 Å². The van der Waals surface area contributed by atoms with E-state index in [1.54, 1.807) is 0 Å². The standard InChI is InChI=1S/C15H12ClN5O4S/c16-13-8-12(21(22)23)6-7-14(13)26(24,25)19-15-18-17-10-20(15)9-11-4-2-1-3-5-11/h1-8,10H,9H2,(H,18,19). The molecule has 11 heteroatoms. The number of halogens is 1. The van der Waals surface area contributed by atoms with Gasteiger partial charge in [0.05, 0.1) is 16.5 Å². The van der Waals surface area contributed by atoms with E-state index in [1.807, 2.05) is 30.3 Å². The molecular weight excluding hydrogens is 382 g/mol. The molecule has 0 saturated carbocycles. The molecule has 0 amide bonds. The van der Waals surface area contributed by atoms with Crippen molar-refractivity contribution < 1.29 is 13.3 Å². The van der Waals surface area contributed by atoms with Crippen LogP contribution in [0.25, 0.3) is 0 Å². The summed E-state index contributed by atoms with van der Waals surface area (Å²) in [5, 5.41) is 18.0. The molecule has 0 spiro atoms. The van der Waals surface area contributed by atoms with Crippen LogP contribution in [0.15, 0.2) is 59.8 Å². The molecule has 0 aliphatic carbocycles. The maximum Gasteiger partial charge on any atom is 0.271 e. The van der Waals surface area contributed by atoms with Crippen LogP contribution in [0, 0.1) is 10.1 Å². The molecule has 0 unspecified atom stereocenters. The Kier molecular flexibility index (Phi) is 4.87. The fourth-order valence-corrected chi connectivity index (χ4v) is 3.78. The zero-order valence-electron chi connectivity index (χ0n) is 13.1. The van der Waals surface area contributed by atoms with Gasteiger partial charge in [-0.15, -0.1) is 10.2 Å². The molecule has 0 radical (unpaired) electrons. The first-order chi connectivity index (χ1) is 12.4. The molecule has 134 valence electrons. The first-order valence-corrected chi connectivity index (χ1v) is 9.11. The molecule has 0 atom stereocenters. The zero-order chi connectivity index (χ0) is 18.7. The van der Waals surface area contributed by atoms with Crippen molar-refractivity contribution in [3.05, 3.63) is 75.6 Å². The van der Waals surface area contributed by atoms with E-state index in [-0.39, 0.29) is 21.6 Å². The monoisotopic (exact) mass is 393 g/mol. The molecule has 2 aromatic carbocycles. The van der Waals surface area contributed by atoms with Crippen LogP contribution >= 0.6 is 11.6 Å². The Balaban J connectivity index is 1.87. The van der Waals surface area contributed by atoms with Crippen molar-refractivity contribution in [1.82, 2.24) is 14.8 Å². The summed E-state index contributed by atoms with van der Waals surface area (Å²) >= 11 is 5.90. The smallest absolute Gasteiger partial charge is 0.271 e. The van der Waals surface area contributed by atoms with E-state index >= 15 is 0 Å². The highest BCUT2D eigenvalue weighted by atomic mass is 35.5. The SMILES string of the molecule is O=[N+]([O-])c1ccc(S(=O)(=O)Nc2nncn2Cc2ccccc2)c(Cl)c1. The zero-order valence-corrected chi connectivity index (χ0v) is 14.7.